The Morgan fingerprint density at radius 1 is 1.38 bits per heavy atom. The summed E-state index contributed by atoms with van der Waals surface area (Å²) in [6.07, 6.45) is 0.256. The fourth-order valence-corrected chi connectivity index (χ4v) is 1.13. The highest BCUT2D eigenvalue weighted by Crippen LogP contribution is 2.09. The number of carbonyl (C=O) groups is 1. The highest BCUT2D eigenvalue weighted by Gasteiger charge is 2.05. The van der Waals surface area contributed by atoms with E-state index in [2.05, 4.69) is 4.74 Å². The molecule has 0 atom stereocenters. The van der Waals surface area contributed by atoms with Crippen molar-refractivity contribution in [2.75, 3.05) is 7.11 Å². The average molecular weight is 178 g/mol. The van der Waals surface area contributed by atoms with Crippen LogP contribution < -0.4 is 5.73 Å². The van der Waals surface area contributed by atoms with E-state index < -0.39 is 0 Å². The van der Waals surface area contributed by atoms with Crippen molar-refractivity contribution in [2.24, 2.45) is 0 Å². The molecule has 1 aromatic carbocycles. The third kappa shape index (κ3) is 2.56. The van der Waals surface area contributed by atoms with E-state index in [1.807, 2.05) is 24.3 Å². The van der Waals surface area contributed by atoms with Crippen molar-refractivity contribution < 1.29 is 9.53 Å². The predicted molar refractivity (Wildman–Crippen MR) is 49.0 cm³/mol. The lowest BCUT2D eigenvalue weighted by atomic mass is 10.1. The standard InChI is InChI=1S/C10H12NO2/c1-13-10(12)6-8-4-2-3-5-9(8)7-11/h2-5,11H,6-7H2,1H3. The van der Waals surface area contributed by atoms with E-state index in [-0.39, 0.29) is 18.9 Å². The molecule has 0 aromatic heterocycles. The molecular weight excluding hydrogens is 166 g/mol. The molecule has 0 aliphatic carbocycles. The normalized spacial score (nSPS) is 9.69. The number of methoxy groups -OCH3 is 1. The molecule has 0 aliphatic rings. The molecule has 0 unspecified atom stereocenters. The van der Waals surface area contributed by atoms with Gasteiger partial charge in [-0.25, -0.2) is 0 Å². The first-order valence-electron chi connectivity index (χ1n) is 4.06. The van der Waals surface area contributed by atoms with Crippen LogP contribution in [-0.4, -0.2) is 13.1 Å². The number of nitrogens with one attached hydrogen (secondary N) is 1. The number of hydrogen-bond donors (Lipinski definition) is 0. The molecule has 0 fully saturated rings. The van der Waals surface area contributed by atoms with Gasteiger partial charge in [-0.2, -0.15) is 0 Å². The first kappa shape index (κ1) is 9.74. The Morgan fingerprint density at radius 2 is 2.00 bits per heavy atom. The summed E-state index contributed by atoms with van der Waals surface area (Å²) in [7, 11) is 1.37. The quantitative estimate of drug-likeness (QED) is 0.652. The number of esters is 1. The summed E-state index contributed by atoms with van der Waals surface area (Å²) >= 11 is 0. The van der Waals surface area contributed by atoms with E-state index in [9.17, 15) is 4.79 Å². The van der Waals surface area contributed by atoms with Gasteiger partial charge in [0.2, 0.25) is 0 Å². The molecule has 13 heavy (non-hydrogen) atoms. The number of ether oxygens (including phenoxy) is 1. The number of carbonyl (C=O) groups excluding carboxylic acids is 1. The van der Waals surface area contributed by atoms with Gasteiger partial charge >= 0.3 is 5.97 Å². The molecule has 0 saturated carbocycles. The van der Waals surface area contributed by atoms with Crippen molar-refractivity contribution in [1.82, 2.24) is 5.73 Å². The highest BCUT2D eigenvalue weighted by molar-refractivity contribution is 5.72. The van der Waals surface area contributed by atoms with E-state index in [0.29, 0.717) is 0 Å². The van der Waals surface area contributed by atoms with Crippen LogP contribution >= 0.6 is 0 Å². The van der Waals surface area contributed by atoms with Crippen molar-refractivity contribution in [3.63, 3.8) is 0 Å². The summed E-state index contributed by atoms with van der Waals surface area (Å²) in [6.45, 7) is 0.202. The van der Waals surface area contributed by atoms with Gasteiger partial charge in [-0.15, -0.1) is 0 Å². The Balaban J connectivity index is 2.81. The smallest absolute Gasteiger partial charge is 0.309 e. The first-order chi connectivity index (χ1) is 6.27. The molecule has 0 amide bonds. The lowest BCUT2D eigenvalue weighted by Gasteiger charge is -2.04. The van der Waals surface area contributed by atoms with Crippen LogP contribution in [0.4, 0.5) is 0 Å². The lowest BCUT2D eigenvalue weighted by molar-refractivity contribution is -0.139. The molecule has 0 spiro atoms. The number of benzene rings is 1. The summed E-state index contributed by atoms with van der Waals surface area (Å²) < 4.78 is 4.55. The van der Waals surface area contributed by atoms with Gasteiger partial charge in [0, 0.05) is 6.54 Å². The van der Waals surface area contributed by atoms with Crippen molar-refractivity contribution in [3.05, 3.63) is 35.4 Å². The Bertz CT molecular complexity index is 297. The molecule has 3 heteroatoms. The summed E-state index contributed by atoms with van der Waals surface area (Å²) in [5.41, 5.74) is 9.00. The van der Waals surface area contributed by atoms with E-state index >= 15 is 0 Å². The molecule has 0 aliphatic heterocycles. The Labute approximate surface area is 77.5 Å². The molecule has 3 nitrogen and oxygen atoms in total. The summed E-state index contributed by atoms with van der Waals surface area (Å²) in [5, 5.41) is 0. The van der Waals surface area contributed by atoms with E-state index in [1.54, 1.807) is 0 Å². The van der Waals surface area contributed by atoms with Gasteiger partial charge < -0.3 is 4.74 Å². The van der Waals surface area contributed by atoms with Crippen LogP contribution in [0.2, 0.25) is 0 Å². The number of hydrogen-bond acceptors (Lipinski definition) is 2. The second-order valence-electron chi connectivity index (χ2n) is 2.70. The van der Waals surface area contributed by atoms with Crippen LogP contribution in [-0.2, 0) is 22.5 Å². The molecule has 69 valence electrons. The van der Waals surface area contributed by atoms with Crippen LogP contribution in [0.15, 0.2) is 24.3 Å². The molecule has 0 bridgehead atoms. The lowest BCUT2D eigenvalue weighted by Crippen LogP contribution is -2.06. The molecule has 0 heterocycles. The zero-order valence-electron chi connectivity index (χ0n) is 7.54. The van der Waals surface area contributed by atoms with Crippen LogP contribution in [0.1, 0.15) is 11.1 Å². The van der Waals surface area contributed by atoms with Crippen LogP contribution in [0, 0.1) is 0 Å². The minimum atomic E-state index is -0.263. The van der Waals surface area contributed by atoms with Crippen molar-refractivity contribution in [1.29, 1.82) is 0 Å². The van der Waals surface area contributed by atoms with Gasteiger partial charge in [-0.05, 0) is 11.1 Å². The largest absolute Gasteiger partial charge is 0.469 e. The SMILES string of the molecule is COC(=O)Cc1ccccc1C[NH]. The fourth-order valence-electron chi connectivity index (χ4n) is 1.13. The Kier molecular flexibility index (Phi) is 3.46. The highest BCUT2D eigenvalue weighted by atomic mass is 16.5. The summed E-state index contributed by atoms with van der Waals surface area (Å²) in [6, 6.07) is 7.42. The zero-order chi connectivity index (χ0) is 9.68. The second kappa shape index (κ2) is 4.62. The first-order valence-corrected chi connectivity index (χ1v) is 4.06. The van der Waals surface area contributed by atoms with E-state index in [0.717, 1.165) is 11.1 Å². The third-order valence-electron chi connectivity index (χ3n) is 1.87. The van der Waals surface area contributed by atoms with Gasteiger partial charge in [0.15, 0.2) is 0 Å². The summed E-state index contributed by atoms with van der Waals surface area (Å²) in [4.78, 5) is 11.0. The maximum Gasteiger partial charge on any atom is 0.309 e. The maximum absolute atomic E-state index is 11.0. The maximum atomic E-state index is 11.0. The molecular formula is C10H12NO2. The minimum absolute atomic E-state index is 0.202. The predicted octanol–water partition coefficient (Wildman–Crippen LogP) is 1.18. The average Bonchev–Trinajstić information content (AvgIpc) is 2.18. The Morgan fingerprint density at radius 3 is 2.54 bits per heavy atom. The Hall–Kier alpha value is -1.35. The molecule has 1 radical (unpaired) electrons. The minimum Gasteiger partial charge on any atom is -0.469 e. The summed E-state index contributed by atoms with van der Waals surface area (Å²) in [5.74, 6) is -0.263. The van der Waals surface area contributed by atoms with Gasteiger partial charge in [0.1, 0.15) is 0 Å². The monoisotopic (exact) mass is 178 g/mol. The zero-order valence-corrected chi connectivity index (χ0v) is 7.54. The van der Waals surface area contributed by atoms with Crippen LogP contribution in [0.25, 0.3) is 0 Å². The van der Waals surface area contributed by atoms with Gasteiger partial charge in [-0.3, -0.25) is 10.5 Å². The second-order valence-corrected chi connectivity index (χ2v) is 2.70. The van der Waals surface area contributed by atoms with Crippen molar-refractivity contribution >= 4 is 5.97 Å². The van der Waals surface area contributed by atoms with Crippen molar-refractivity contribution in [3.8, 4) is 0 Å². The van der Waals surface area contributed by atoms with Gasteiger partial charge in [0.05, 0.1) is 13.5 Å². The van der Waals surface area contributed by atoms with Crippen molar-refractivity contribution in [2.45, 2.75) is 13.0 Å². The topological polar surface area (TPSA) is 50.1 Å². The fraction of sp³-hybridized carbons (Fsp3) is 0.300. The van der Waals surface area contributed by atoms with Gasteiger partial charge in [0.25, 0.3) is 0 Å². The third-order valence-corrected chi connectivity index (χ3v) is 1.87. The molecule has 1 rings (SSSR count). The van der Waals surface area contributed by atoms with Crippen LogP contribution in [0.3, 0.4) is 0 Å². The van der Waals surface area contributed by atoms with E-state index in [1.165, 1.54) is 7.11 Å². The van der Waals surface area contributed by atoms with Gasteiger partial charge in [-0.1, -0.05) is 24.3 Å². The molecule has 1 N–H and O–H groups in total. The van der Waals surface area contributed by atoms with Crippen LogP contribution in [0.5, 0.6) is 0 Å². The number of rotatable bonds is 3. The van der Waals surface area contributed by atoms with E-state index in [4.69, 9.17) is 5.73 Å². The molecule has 0 saturated heterocycles. The molecule has 1 aromatic rings.